The van der Waals surface area contributed by atoms with Crippen molar-refractivity contribution < 1.29 is 13.2 Å². The Kier molecular flexibility index (Phi) is 5.41. The molecule has 124 valence electrons. The van der Waals surface area contributed by atoms with E-state index in [0.29, 0.717) is 0 Å². The van der Waals surface area contributed by atoms with Crippen molar-refractivity contribution in [2.45, 2.75) is 4.90 Å². The molecule has 1 heterocycles. The van der Waals surface area contributed by atoms with Crippen LogP contribution in [-0.2, 0) is 10.0 Å². The van der Waals surface area contributed by atoms with Gasteiger partial charge in [-0.25, -0.2) is 13.4 Å². The smallest absolute Gasteiger partial charge is 0.264 e. The van der Waals surface area contributed by atoms with Gasteiger partial charge in [-0.15, -0.1) is 0 Å². The predicted octanol–water partition coefficient (Wildman–Crippen LogP) is 3.29. The Balaban J connectivity index is 2.49. The molecule has 2 N–H and O–H groups in total. The van der Waals surface area contributed by atoms with Gasteiger partial charge in [0.05, 0.1) is 17.2 Å². The van der Waals surface area contributed by atoms with E-state index in [1.54, 1.807) is 7.05 Å². The molecule has 0 unspecified atom stereocenters. The Morgan fingerprint density at radius 3 is 2.43 bits per heavy atom. The zero-order valence-electron chi connectivity index (χ0n) is 11.9. The number of hydrogen-bond acceptors (Lipinski definition) is 6. The fourth-order valence-electron chi connectivity index (χ4n) is 1.64. The van der Waals surface area contributed by atoms with Gasteiger partial charge in [-0.2, -0.15) is 4.98 Å². The Morgan fingerprint density at radius 2 is 1.83 bits per heavy atom. The number of hydrogen-bond donors (Lipinski definition) is 2. The molecule has 0 aliphatic rings. The highest BCUT2D eigenvalue weighted by Crippen LogP contribution is 2.32. The molecule has 0 bridgehead atoms. The van der Waals surface area contributed by atoms with Crippen molar-refractivity contribution in [3.05, 3.63) is 33.4 Å². The first-order valence-corrected chi connectivity index (χ1v) is 8.68. The summed E-state index contributed by atoms with van der Waals surface area (Å²) in [5.41, 5.74) is 0. The fourth-order valence-corrected chi connectivity index (χ4v) is 3.62. The molecule has 7 nitrogen and oxygen atoms in total. The van der Waals surface area contributed by atoms with Crippen molar-refractivity contribution >= 4 is 56.5 Å². The molecule has 0 aliphatic carbocycles. The molecule has 0 spiro atoms. The van der Waals surface area contributed by atoms with Gasteiger partial charge in [-0.05, 0) is 12.1 Å². The van der Waals surface area contributed by atoms with Crippen LogP contribution in [0.5, 0.6) is 5.88 Å². The third-order valence-electron chi connectivity index (χ3n) is 2.69. The van der Waals surface area contributed by atoms with Crippen molar-refractivity contribution in [1.82, 2.24) is 9.97 Å². The summed E-state index contributed by atoms with van der Waals surface area (Å²) in [5.74, 6) is 0.0141. The Morgan fingerprint density at radius 1 is 1.13 bits per heavy atom. The number of benzene rings is 1. The number of nitrogens with zero attached hydrogens (tertiary/aromatic N) is 2. The van der Waals surface area contributed by atoms with Crippen LogP contribution in [0.3, 0.4) is 0 Å². The van der Waals surface area contributed by atoms with E-state index in [1.165, 1.54) is 25.3 Å². The SMILES string of the molecule is CNc1nc(OC)c(NS(=O)(=O)c2cccc(Cl)c2Cl)nc1Cl. The van der Waals surface area contributed by atoms with E-state index in [0.717, 1.165) is 0 Å². The van der Waals surface area contributed by atoms with Crippen molar-refractivity contribution in [3.8, 4) is 5.88 Å². The van der Waals surface area contributed by atoms with Gasteiger partial charge in [0, 0.05) is 7.05 Å². The highest BCUT2D eigenvalue weighted by molar-refractivity contribution is 7.92. The van der Waals surface area contributed by atoms with E-state index in [9.17, 15) is 8.42 Å². The molecule has 1 aromatic carbocycles. The third-order valence-corrected chi connectivity index (χ3v) is 5.26. The topological polar surface area (TPSA) is 93.2 Å². The second kappa shape index (κ2) is 6.96. The molecule has 0 saturated heterocycles. The monoisotopic (exact) mass is 396 g/mol. The van der Waals surface area contributed by atoms with Crippen molar-refractivity contribution in [2.75, 3.05) is 24.2 Å². The van der Waals surface area contributed by atoms with Gasteiger partial charge in [-0.3, -0.25) is 4.72 Å². The number of sulfonamides is 1. The van der Waals surface area contributed by atoms with Crippen LogP contribution in [0.25, 0.3) is 0 Å². The maximum absolute atomic E-state index is 12.5. The lowest BCUT2D eigenvalue weighted by atomic mass is 10.4. The maximum Gasteiger partial charge on any atom is 0.264 e. The van der Waals surface area contributed by atoms with Crippen molar-refractivity contribution in [1.29, 1.82) is 0 Å². The highest BCUT2D eigenvalue weighted by Gasteiger charge is 2.23. The number of ether oxygens (including phenoxy) is 1. The summed E-state index contributed by atoms with van der Waals surface area (Å²) in [6, 6.07) is 4.24. The minimum absolute atomic E-state index is 0.0248. The van der Waals surface area contributed by atoms with Crippen LogP contribution >= 0.6 is 34.8 Å². The van der Waals surface area contributed by atoms with E-state index in [1.807, 2.05) is 0 Å². The quantitative estimate of drug-likeness (QED) is 0.804. The summed E-state index contributed by atoms with van der Waals surface area (Å²) in [7, 11) is -1.15. The average molecular weight is 398 g/mol. The Hall–Kier alpha value is -1.48. The molecule has 2 aromatic rings. The molecule has 0 saturated carbocycles. The Labute approximate surface area is 148 Å². The number of nitrogens with one attached hydrogen (secondary N) is 2. The second-order valence-electron chi connectivity index (χ2n) is 4.13. The lowest BCUT2D eigenvalue weighted by Gasteiger charge is -2.13. The number of rotatable bonds is 5. The molecule has 23 heavy (non-hydrogen) atoms. The van der Waals surface area contributed by atoms with E-state index < -0.39 is 10.0 Å². The first kappa shape index (κ1) is 17.9. The van der Waals surface area contributed by atoms with Gasteiger partial charge in [-0.1, -0.05) is 40.9 Å². The van der Waals surface area contributed by atoms with Crippen LogP contribution in [-0.4, -0.2) is 32.5 Å². The third kappa shape index (κ3) is 3.72. The highest BCUT2D eigenvalue weighted by atomic mass is 35.5. The van der Waals surface area contributed by atoms with E-state index in [4.69, 9.17) is 39.5 Å². The molecule has 0 fully saturated rings. The summed E-state index contributed by atoms with van der Waals surface area (Å²) in [6.07, 6.45) is 0. The standard InChI is InChI=1S/C12H11Cl3N4O3S/c1-16-10-9(15)17-11(12(18-10)22-2)19-23(20,21)7-5-3-4-6(13)8(7)14/h3-5H,1-2H3,(H,16,18)(H,17,19). The lowest BCUT2D eigenvalue weighted by Crippen LogP contribution is -2.16. The fraction of sp³-hybridized carbons (Fsp3) is 0.167. The van der Waals surface area contributed by atoms with Gasteiger partial charge < -0.3 is 10.1 Å². The van der Waals surface area contributed by atoms with Crippen LogP contribution in [0.1, 0.15) is 0 Å². The number of halogens is 3. The summed E-state index contributed by atoms with van der Waals surface area (Å²) in [6.45, 7) is 0. The maximum atomic E-state index is 12.5. The van der Waals surface area contributed by atoms with Gasteiger partial charge in [0.15, 0.2) is 11.0 Å². The first-order chi connectivity index (χ1) is 10.8. The summed E-state index contributed by atoms with van der Waals surface area (Å²) < 4.78 is 32.2. The minimum atomic E-state index is -4.06. The van der Waals surface area contributed by atoms with E-state index in [-0.39, 0.29) is 37.6 Å². The van der Waals surface area contributed by atoms with Crippen LogP contribution in [0, 0.1) is 0 Å². The number of anilines is 2. The van der Waals surface area contributed by atoms with Gasteiger partial charge in [0.2, 0.25) is 5.82 Å². The molecule has 0 amide bonds. The molecule has 1 aromatic heterocycles. The van der Waals surface area contributed by atoms with Gasteiger partial charge in [0.25, 0.3) is 15.9 Å². The molecule has 0 radical (unpaired) electrons. The van der Waals surface area contributed by atoms with Crippen molar-refractivity contribution in [2.24, 2.45) is 0 Å². The molecule has 0 aliphatic heterocycles. The minimum Gasteiger partial charge on any atom is -0.478 e. The number of aromatic nitrogens is 2. The van der Waals surface area contributed by atoms with Crippen LogP contribution in [0.4, 0.5) is 11.6 Å². The summed E-state index contributed by atoms with van der Waals surface area (Å²) >= 11 is 17.7. The zero-order valence-corrected chi connectivity index (χ0v) is 15.0. The summed E-state index contributed by atoms with van der Waals surface area (Å²) in [4.78, 5) is 7.74. The van der Waals surface area contributed by atoms with Crippen molar-refractivity contribution in [3.63, 3.8) is 0 Å². The van der Waals surface area contributed by atoms with Gasteiger partial charge in [0.1, 0.15) is 4.90 Å². The molecule has 2 rings (SSSR count). The number of methoxy groups -OCH3 is 1. The van der Waals surface area contributed by atoms with E-state index >= 15 is 0 Å². The molecular weight excluding hydrogens is 387 g/mol. The van der Waals surface area contributed by atoms with Crippen LogP contribution < -0.4 is 14.8 Å². The van der Waals surface area contributed by atoms with Gasteiger partial charge >= 0.3 is 0 Å². The van der Waals surface area contributed by atoms with Crippen LogP contribution in [0.2, 0.25) is 15.2 Å². The average Bonchev–Trinajstić information content (AvgIpc) is 2.49. The normalized spacial score (nSPS) is 11.2. The zero-order chi connectivity index (χ0) is 17.2. The lowest BCUT2D eigenvalue weighted by molar-refractivity contribution is 0.399. The molecule has 11 heteroatoms. The Bertz CT molecular complexity index is 846. The molecular formula is C12H11Cl3N4O3S. The second-order valence-corrected chi connectivity index (χ2v) is 6.92. The predicted molar refractivity (Wildman–Crippen MR) is 90.4 cm³/mol. The summed E-state index contributed by atoms with van der Waals surface area (Å²) in [5, 5.41) is 2.68. The van der Waals surface area contributed by atoms with Crippen LogP contribution in [0.15, 0.2) is 23.1 Å². The van der Waals surface area contributed by atoms with E-state index in [2.05, 4.69) is 20.0 Å². The molecule has 0 atom stereocenters. The largest absolute Gasteiger partial charge is 0.478 e. The first-order valence-electron chi connectivity index (χ1n) is 6.06.